The van der Waals surface area contributed by atoms with Gasteiger partial charge in [0.1, 0.15) is 18.2 Å². The lowest BCUT2D eigenvalue weighted by Crippen LogP contribution is -2.20. The predicted octanol–water partition coefficient (Wildman–Crippen LogP) is 3.82. The largest absolute Gasteiger partial charge is 0.492 e. The second-order valence-electron chi connectivity index (χ2n) is 3.68. The first-order valence-corrected chi connectivity index (χ1v) is 7.24. The Morgan fingerprint density at radius 1 is 1.33 bits per heavy atom. The summed E-state index contributed by atoms with van der Waals surface area (Å²) in [6.07, 6.45) is 0. The fraction of sp³-hybridized carbons (Fsp3) is 0.231. The van der Waals surface area contributed by atoms with Crippen LogP contribution in [0, 0.1) is 5.82 Å². The first-order valence-electron chi connectivity index (χ1n) is 5.56. The molecular formula is C13H13BrFNOS. The Morgan fingerprint density at radius 2 is 2.22 bits per heavy atom. The van der Waals surface area contributed by atoms with Crippen molar-refractivity contribution in [1.82, 2.24) is 5.32 Å². The maximum atomic E-state index is 13.0. The van der Waals surface area contributed by atoms with Gasteiger partial charge in [-0.2, -0.15) is 0 Å². The van der Waals surface area contributed by atoms with Gasteiger partial charge in [0.05, 0.1) is 4.47 Å². The summed E-state index contributed by atoms with van der Waals surface area (Å²) in [7, 11) is 0. The van der Waals surface area contributed by atoms with Crippen molar-refractivity contribution in [2.24, 2.45) is 0 Å². The number of thiophene rings is 1. The van der Waals surface area contributed by atoms with Crippen molar-refractivity contribution < 1.29 is 9.13 Å². The molecule has 0 spiro atoms. The summed E-state index contributed by atoms with van der Waals surface area (Å²) < 4.78 is 18.9. The van der Waals surface area contributed by atoms with Gasteiger partial charge < -0.3 is 10.1 Å². The number of hydrogen-bond acceptors (Lipinski definition) is 3. The molecule has 2 aromatic rings. The van der Waals surface area contributed by atoms with Crippen LogP contribution >= 0.6 is 27.3 Å². The molecule has 0 bridgehead atoms. The van der Waals surface area contributed by atoms with E-state index in [-0.39, 0.29) is 5.82 Å². The number of benzene rings is 1. The molecule has 1 aromatic heterocycles. The lowest BCUT2D eigenvalue weighted by atomic mass is 10.3. The van der Waals surface area contributed by atoms with E-state index in [1.54, 1.807) is 23.5 Å². The molecule has 2 rings (SSSR count). The molecule has 2 nitrogen and oxygen atoms in total. The van der Waals surface area contributed by atoms with Crippen molar-refractivity contribution in [3.05, 3.63) is 50.9 Å². The van der Waals surface area contributed by atoms with Gasteiger partial charge in [0.15, 0.2) is 0 Å². The van der Waals surface area contributed by atoms with Crippen LogP contribution in [0.2, 0.25) is 0 Å². The Morgan fingerprint density at radius 3 is 2.94 bits per heavy atom. The minimum Gasteiger partial charge on any atom is -0.492 e. The Labute approximate surface area is 118 Å². The van der Waals surface area contributed by atoms with Crippen molar-refractivity contribution >= 4 is 27.3 Å². The topological polar surface area (TPSA) is 21.3 Å². The third kappa shape index (κ3) is 4.08. The number of rotatable bonds is 6. The highest BCUT2D eigenvalue weighted by Gasteiger charge is 2.00. The molecule has 0 radical (unpaired) electrons. The van der Waals surface area contributed by atoms with Gasteiger partial charge in [-0.1, -0.05) is 6.07 Å². The summed E-state index contributed by atoms with van der Waals surface area (Å²) in [6.45, 7) is 2.17. The first-order chi connectivity index (χ1) is 8.75. The molecule has 0 aliphatic rings. The fourth-order valence-corrected chi connectivity index (χ4v) is 2.46. The molecular weight excluding hydrogens is 317 g/mol. The molecule has 18 heavy (non-hydrogen) atoms. The second-order valence-corrected chi connectivity index (χ2v) is 5.57. The summed E-state index contributed by atoms with van der Waals surface area (Å²) in [4.78, 5) is 1.31. The predicted molar refractivity (Wildman–Crippen MR) is 75.6 cm³/mol. The maximum Gasteiger partial charge on any atom is 0.137 e. The van der Waals surface area contributed by atoms with Crippen molar-refractivity contribution in [2.45, 2.75) is 6.54 Å². The van der Waals surface area contributed by atoms with Crippen molar-refractivity contribution in [3.8, 4) is 5.75 Å². The van der Waals surface area contributed by atoms with E-state index in [9.17, 15) is 4.39 Å². The molecule has 5 heteroatoms. The molecule has 1 heterocycles. The third-order valence-corrected chi connectivity index (χ3v) is 3.80. The van der Waals surface area contributed by atoms with Crippen LogP contribution in [0.5, 0.6) is 5.75 Å². The van der Waals surface area contributed by atoms with E-state index in [0.29, 0.717) is 16.8 Å². The standard InChI is InChI=1S/C13H13BrFNOS/c14-12-8-10(3-4-13(12)15)17-6-5-16-9-11-2-1-7-18-11/h1-4,7-8,16H,5-6,9H2. The van der Waals surface area contributed by atoms with Crippen molar-refractivity contribution in [3.63, 3.8) is 0 Å². The molecule has 0 atom stereocenters. The van der Waals surface area contributed by atoms with E-state index in [1.165, 1.54) is 10.9 Å². The fourth-order valence-electron chi connectivity index (χ4n) is 1.43. The Kier molecular flexibility index (Phi) is 5.16. The zero-order valence-corrected chi connectivity index (χ0v) is 12.1. The van der Waals surface area contributed by atoms with Gasteiger partial charge in [-0.25, -0.2) is 4.39 Å². The monoisotopic (exact) mass is 329 g/mol. The number of ether oxygens (including phenoxy) is 1. The van der Waals surface area contributed by atoms with Gasteiger partial charge in [-0.05, 0) is 45.6 Å². The molecule has 1 aromatic carbocycles. The van der Waals surface area contributed by atoms with Crippen molar-refractivity contribution in [1.29, 1.82) is 0 Å². The Bertz CT molecular complexity index is 490. The second kappa shape index (κ2) is 6.87. The first kappa shape index (κ1) is 13.5. The van der Waals surface area contributed by atoms with Crippen LogP contribution < -0.4 is 10.1 Å². The normalized spacial score (nSPS) is 10.6. The van der Waals surface area contributed by atoms with E-state index < -0.39 is 0 Å². The maximum absolute atomic E-state index is 13.0. The van der Waals surface area contributed by atoms with Gasteiger partial charge in [0.2, 0.25) is 0 Å². The highest BCUT2D eigenvalue weighted by molar-refractivity contribution is 9.10. The molecule has 0 saturated heterocycles. The van der Waals surface area contributed by atoms with Crippen LogP contribution in [-0.4, -0.2) is 13.2 Å². The molecule has 1 N–H and O–H groups in total. The molecule has 96 valence electrons. The van der Waals surface area contributed by atoms with Crippen molar-refractivity contribution in [2.75, 3.05) is 13.2 Å². The van der Waals surface area contributed by atoms with Crippen LogP contribution in [0.25, 0.3) is 0 Å². The Hall–Kier alpha value is -0.910. The van der Waals surface area contributed by atoms with E-state index in [0.717, 1.165) is 13.1 Å². The van der Waals surface area contributed by atoms with Crippen LogP contribution in [-0.2, 0) is 6.54 Å². The molecule has 0 saturated carbocycles. The molecule has 0 amide bonds. The van der Waals surface area contributed by atoms with Crippen LogP contribution in [0.15, 0.2) is 40.2 Å². The molecule has 0 unspecified atom stereocenters. The zero-order chi connectivity index (χ0) is 12.8. The van der Waals surface area contributed by atoms with E-state index in [2.05, 4.69) is 32.7 Å². The van der Waals surface area contributed by atoms with E-state index in [1.807, 2.05) is 6.07 Å². The summed E-state index contributed by atoms with van der Waals surface area (Å²) in [6, 6.07) is 8.77. The number of nitrogens with one attached hydrogen (secondary N) is 1. The lowest BCUT2D eigenvalue weighted by molar-refractivity contribution is 0.313. The Balaban J connectivity index is 1.67. The molecule has 0 aliphatic carbocycles. The molecule has 0 aliphatic heterocycles. The van der Waals surface area contributed by atoms with Gasteiger partial charge in [0.25, 0.3) is 0 Å². The average molecular weight is 330 g/mol. The highest BCUT2D eigenvalue weighted by Crippen LogP contribution is 2.21. The zero-order valence-electron chi connectivity index (χ0n) is 9.66. The van der Waals surface area contributed by atoms with Crippen LogP contribution in [0.4, 0.5) is 4.39 Å². The van der Waals surface area contributed by atoms with E-state index in [4.69, 9.17) is 4.74 Å². The summed E-state index contributed by atoms with van der Waals surface area (Å²) >= 11 is 4.86. The minimum absolute atomic E-state index is 0.279. The highest BCUT2D eigenvalue weighted by atomic mass is 79.9. The summed E-state index contributed by atoms with van der Waals surface area (Å²) in [5.41, 5.74) is 0. The van der Waals surface area contributed by atoms with Gasteiger partial charge in [-0.3, -0.25) is 0 Å². The van der Waals surface area contributed by atoms with E-state index >= 15 is 0 Å². The van der Waals surface area contributed by atoms with Crippen LogP contribution in [0.3, 0.4) is 0 Å². The van der Waals surface area contributed by atoms with Gasteiger partial charge in [-0.15, -0.1) is 11.3 Å². The SMILES string of the molecule is Fc1ccc(OCCNCc2cccs2)cc1Br. The average Bonchev–Trinajstić information content (AvgIpc) is 2.86. The van der Waals surface area contributed by atoms with Crippen LogP contribution in [0.1, 0.15) is 4.88 Å². The number of hydrogen-bond donors (Lipinski definition) is 1. The third-order valence-electron chi connectivity index (χ3n) is 2.32. The van der Waals surface area contributed by atoms with Gasteiger partial charge >= 0.3 is 0 Å². The summed E-state index contributed by atoms with van der Waals surface area (Å²) in [5.74, 6) is 0.388. The minimum atomic E-state index is -0.279. The lowest BCUT2D eigenvalue weighted by Gasteiger charge is -2.07. The number of halogens is 2. The summed E-state index contributed by atoms with van der Waals surface area (Å²) in [5, 5.41) is 5.34. The quantitative estimate of drug-likeness (QED) is 0.813. The molecule has 0 fully saturated rings. The van der Waals surface area contributed by atoms with Gasteiger partial charge in [0, 0.05) is 18.0 Å². The smallest absolute Gasteiger partial charge is 0.137 e.